The molecule has 2 aromatic carbocycles. The maximum Gasteiger partial charge on any atom is 0.282 e. The van der Waals surface area contributed by atoms with E-state index in [0.29, 0.717) is 34.5 Å². The second-order valence-corrected chi connectivity index (χ2v) is 7.68. The van der Waals surface area contributed by atoms with Crippen LogP contribution >= 0.6 is 31.9 Å². The second-order valence-electron chi connectivity index (χ2n) is 5.85. The molecule has 1 N–H and O–H groups in total. The Kier molecular flexibility index (Phi) is 5.96. The molecule has 1 heterocycles. The molecule has 0 radical (unpaired) electrons. The number of phenolic OH excluding ortho intramolecular Hbond substituents is 1. The third-order valence-corrected chi connectivity index (χ3v) is 4.90. The Labute approximate surface area is 172 Å². The maximum absolute atomic E-state index is 13.0. The van der Waals surface area contributed by atoms with Gasteiger partial charge in [-0.1, -0.05) is 38.8 Å². The summed E-state index contributed by atoms with van der Waals surface area (Å²) in [6.07, 6.45) is 2.85. The van der Waals surface area contributed by atoms with Crippen LogP contribution in [0.5, 0.6) is 11.5 Å². The molecule has 0 fully saturated rings. The van der Waals surface area contributed by atoms with E-state index in [2.05, 4.69) is 41.9 Å². The average molecular weight is 495 g/mol. The van der Waals surface area contributed by atoms with Crippen LogP contribution in [-0.2, 0) is 6.42 Å². The number of halogens is 2. The Morgan fingerprint density at radius 3 is 2.74 bits per heavy atom. The molecular weight excluding hydrogens is 478 g/mol. The van der Waals surface area contributed by atoms with Crippen LogP contribution in [-0.4, -0.2) is 28.1 Å². The Morgan fingerprint density at radius 1 is 1.26 bits per heavy atom. The van der Waals surface area contributed by atoms with Crippen molar-refractivity contribution in [3.8, 4) is 11.5 Å². The summed E-state index contributed by atoms with van der Waals surface area (Å²) in [5.74, 6) is 0.827. The Hall–Kier alpha value is -2.19. The number of aryl methyl sites for hydroxylation is 1. The molecule has 140 valence electrons. The molecule has 3 rings (SSSR count). The maximum atomic E-state index is 13.0. The Morgan fingerprint density at radius 2 is 2.04 bits per heavy atom. The topological polar surface area (TPSA) is 76.7 Å². The lowest BCUT2D eigenvalue weighted by Gasteiger charge is -2.10. The van der Waals surface area contributed by atoms with Gasteiger partial charge in [0.2, 0.25) is 0 Å². The van der Waals surface area contributed by atoms with E-state index in [0.717, 1.165) is 15.4 Å². The zero-order valence-corrected chi connectivity index (χ0v) is 17.9. The Bertz CT molecular complexity index is 1090. The van der Waals surface area contributed by atoms with Crippen molar-refractivity contribution in [1.82, 2.24) is 9.66 Å². The largest absolute Gasteiger partial charge is 0.504 e. The number of hydrogen-bond donors (Lipinski definition) is 1. The number of fused-ring (bicyclic) bond motifs is 1. The molecule has 0 spiro atoms. The van der Waals surface area contributed by atoms with E-state index in [1.54, 1.807) is 24.3 Å². The van der Waals surface area contributed by atoms with Crippen LogP contribution in [0.4, 0.5) is 0 Å². The first-order chi connectivity index (χ1) is 12.9. The molecule has 0 saturated heterocycles. The minimum absolute atomic E-state index is 0.0500. The van der Waals surface area contributed by atoms with Gasteiger partial charge in [-0.2, -0.15) is 9.78 Å². The first kappa shape index (κ1) is 19.6. The lowest BCUT2D eigenvalue weighted by molar-refractivity contribution is 0.373. The molecule has 8 heteroatoms. The number of benzene rings is 2. The second kappa shape index (κ2) is 8.22. The molecule has 0 unspecified atom stereocenters. The smallest absolute Gasteiger partial charge is 0.282 e. The van der Waals surface area contributed by atoms with Gasteiger partial charge in [0, 0.05) is 20.9 Å². The number of ether oxygens (including phenoxy) is 1. The van der Waals surface area contributed by atoms with Crippen LogP contribution in [0.3, 0.4) is 0 Å². The average Bonchev–Trinajstić information content (AvgIpc) is 2.64. The van der Waals surface area contributed by atoms with Gasteiger partial charge in [-0.05, 0) is 36.8 Å². The van der Waals surface area contributed by atoms with E-state index in [1.165, 1.54) is 18.0 Å². The highest BCUT2D eigenvalue weighted by Gasteiger charge is 2.12. The SMILES string of the molecule is CCCc1nc2ccc(Br)cc2c(=O)n1N=Cc1cc(Br)cc(OC)c1O. The van der Waals surface area contributed by atoms with Crippen LogP contribution in [0.1, 0.15) is 24.7 Å². The summed E-state index contributed by atoms with van der Waals surface area (Å²) in [6, 6.07) is 8.72. The van der Waals surface area contributed by atoms with Gasteiger partial charge >= 0.3 is 0 Å². The highest BCUT2D eigenvalue weighted by Crippen LogP contribution is 2.32. The van der Waals surface area contributed by atoms with Crippen molar-refractivity contribution in [3.05, 3.63) is 61.0 Å². The van der Waals surface area contributed by atoms with Gasteiger partial charge in [0.25, 0.3) is 5.56 Å². The van der Waals surface area contributed by atoms with Crippen LogP contribution in [0.25, 0.3) is 10.9 Å². The third-order valence-electron chi connectivity index (χ3n) is 3.95. The number of aromatic nitrogens is 2. The van der Waals surface area contributed by atoms with Gasteiger partial charge in [0.15, 0.2) is 11.5 Å². The minimum Gasteiger partial charge on any atom is -0.504 e. The highest BCUT2D eigenvalue weighted by molar-refractivity contribution is 9.10. The van der Waals surface area contributed by atoms with Crippen molar-refractivity contribution in [2.75, 3.05) is 7.11 Å². The summed E-state index contributed by atoms with van der Waals surface area (Å²) in [6.45, 7) is 2.01. The predicted molar refractivity (Wildman–Crippen MR) is 113 cm³/mol. The van der Waals surface area contributed by atoms with Crippen LogP contribution in [0, 0.1) is 0 Å². The molecule has 0 bridgehead atoms. The fraction of sp³-hybridized carbons (Fsp3) is 0.211. The van der Waals surface area contributed by atoms with Crippen molar-refractivity contribution >= 4 is 49.0 Å². The highest BCUT2D eigenvalue weighted by atomic mass is 79.9. The van der Waals surface area contributed by atoms with Crippen molar-refractivity contribution < 1.29 is 9.84 Å². The summed E-state index contributed by atoms with van der Waals surface area (Å²) in [7, 11) is 1.47. The summed E-state index contributed by atoms with van der Waals surface area (Å²) in [5.41, 5.74) is 0.789. The van der Waals surface area contributed by atoms with Gasteiger partial charge < -0.3 is 9.84 Å². The molecular formula is C19H17Br2N3O3. The lowest BCUT2D eigenvalue weighted by atomic mass is 10.2. The minimum atomic E-state index is -0.262. The van der Waals surface area contributed by atoms with Crippen LogP contribution in [0.2, 0.25) is 0 Å². The van der Waals surface area contributed by atoms with Crippen molar-refractivity contribution in [1.29, 1.82) is 0 Å². The van der Waals surface area contributed by atoms with E-state index in [1.807, 2.05) is 13.0 Å². The first-order valence-corrected chi connectivity index (χ1v) is 9.85. The molecule has 0 aliphatic carbocycles. The van der Waals surface area contributed by atoms with Crippen molar-refractivity contribution in [2.45, 2.75) is 19.8 Å². The molecule has 0 aliphatic heterocycles. The molecule has 0 atom stereocenters. The summed E-state index contributed by atoms with van der Waals surface area (Å²) < 4.78 is 7.95. The number of aromatic hydroxyl groups is 1. The van der Waals surface area contributed by atoms with Gasteiger partial charge in [-0.3, -0.25) is 4.79 Å². The third kappa shape index (κ3) is 4.06. The van der Waals surface area contributed by atoms with E-state index in [4.69, 9.17) is 4.74 Å². The molecule has 1 aromatic heterocycles. The van der Waals surface area contributed by atoms with Gasteiger partial charge in [-0.25, -0.2) is 4.98 Å². The number of phenols is 1. The summed E-state index contributed by atoms with van der Waals surface area (Å²) >= 11 is 6.75. The number of methoxy groups -OCH3 is 1. The van der Waals surface area contributed by atoms with Crippen LogP contribution < -0.4 is 10.3 Å². The Balaban J connectivity index is 2.17. The lowest BCUT2D eigenvalue weighted by Crippen LogP contribution is -2.22. The zero-order chi connectivity index (χ0) is 19.6. The predicted octanol–water partition coefficient (Wildman–Crippen LogP) is 4.47. The van der Waals surface area contributed by atoms with Gasteiger partial charge in [0.1, 0.15) is 5.82 Å². The fourth-order valence-corrected chi connectivity index (χ4v) is 3.48. The van der Waals surface area contributed by atoms with E-state index >= 15 is 0 Å². The first-order valence-electron chi connectivity index (χ1n) is 8.26. The van der Waals surface area contributed by atoms with E-state index in [9.17, 15) is 9.90 Å². The van der Waals surface area contributed by atoms with Crippen molar-refractivity contribution in [3.63, 3.8) is 0 Å². The molecule has 6 nitrogen and oxygen atoms in total. The number of rotatable bonds is 5. The van der Waals surface area contributed by atoms with Gasteiger partial charge in [0.05, 0.1) is 24.2 Å². The van der Waals surface area contributed by atoms with Gasteiger partial charge in [-0.15, -0.1) is 0 Å². The molecule has 3 aromatic rings. The van der Waals surface area contributed by atoms with E-state index < -0.39 is 0 Å². The van der Waals surface area contributed by atoms with Crippen molar-refractivity contribution in [2.24, 2.45) is 5.10 Å². The van der Waals surface area contributed by atoms with Crippen LogP contribution in [0.15, 0.2) is 49.2 Å². The number of nitrogens with zero attached hydrogens (tertiary/aromatic N) is 3. The molecule has 27 heavy (non-hydrogen) atoms. The summed E-state index contributed by atoms with van der Waals surface area (Å²) in [5, 5.41) is 15.1. The fourth-order valence-electron chi connectivity index (χ4n) is 2.67. The monoisotopic (exact) mass is 493 g/mol. The quantitative estimate of drug-likeness (QED) is 0.531. The zero-order valence-electron chi connectivity index (χ0n) is 14.7. The summed E-state index contributed by atoms with van der Waals surface area (Å²) in [4.78, 5) is 17.5. The molecule has 0 amide bonds. The molecule has 0 saturated carbocycles. The molecule has 0 aliphatic rings. The number of hydrogen-bond acceptors (Lipinski definition) is 5. The standard InChI is InChI=1S/C19H17Br2N3O3/c1-3-4-17-23-15-6-5-12(20)8-14(15)19(26)24(17)22-10-11-7-13(21)9-16(27-2)18(11)25/h5-10,25H,3-4H2,1-2H3. The van der Waals surface area contributed by atoms with E-state index in [-0.39, 0.29) is 11.3 Å². The normalized spacial score (nSPS) is 11.4.